The van der Waals surface area contributed by atoms with Gasteiger partial charge in [0.1, 0.15) is 6.08 Å². The van der Waals surface area contributed by atoms with Gasteiger partial charge < -0.3 is 5.11 Å². The predicted octanol–water partition coefficient (Wildman–Crippen LogP) is 2.77. The Hall–Kier alpha value is -1.60. The lowest BCUT2D eigenvalue weighted by molar-refractivity contribution is 0.220. The topological polar surface area (TPSA) is 20.2 Å². The first-order chi connectivity index (χ1) is 7.21. The second kappa shape index (κ2) is 4.07. The summed E-state index contributed by atoms with van der Waals surface area (Å²) < 4.78 is 7.96. The van der Waals surface area contributed by atoms with Crippen LogP contribution in [0.5, 0.6) is 0 Å². The fraction of sp³-hybridized carbons (Fsp3) is 0.0769. The van der Waals surface area contributed by atoms with Gasteiger partial charge in [-0.05, 0) is 11.1 Å². The van der Waals surface area contributed by atoms with Gasteiger partial charge in [0.2, 0.25) is 0 Å². The molecule has 0 saturated carbocycles. The molecule has 2 rings (SSSR count). The van der Waals surface area contributed by atoms with Crippen molar-refractivity contribution in [3.63, 3.8) is 0 Å². The van der Waals surface area contributed by atoms with E-state index in [2.05, 4.69) is 0 Å². The van der Waals surface area contributed by atoms with Crippen molar-refractivity contribution in [2.45, 2.75) is 6.08 Å². The van der Waals surface area contributed by atoms with Crippen molar-refractivity contribution >= 4 is 0 Å². The second-order valence-electron chi connectivity index (χ2n) is 3.08. The zero-order valence-corrected chi connectivity index (χ0v) is 7.72. The second-order valence-corrected chi connectivity index (χ2v) is 3.08. The molecule has 0 radical (unpaired) electrons. The maximum atomic E-state index is 10.1. The Labute approximate surface area is 85.1 Å². The number of hydrogen-bond donors (Lipinski definition) is 1. The molecule has 0 amide bonds. The fourth-order valence-electron chi connectivity index (χ4n) is 1.36. The van der Waals surface area contributed by atoms with Crippen molar-refractivity contribution in [1.29, 1.82) is 0 Å². The Morgan fingerprint density at radius 1 is 0.786 bits per heavy atom. The lowest BCUT2D eigenvalue weighted by Gasteiger charge is -2.10. The van der Waals surface area contributed by atoms with Gasteiger partial charge in [0.15, 0.2) is 0 Å². The molecule has 1 N–H and O–H groups in total. The van der Waals surface area contributed by atoms with Gasteiger partial charge in [-0.2, -0.15) is 0 Å². The van der Waals surface area contributed by atoms with Crippen molar-refractivity contribution < 1.29 is 6.48 Å². The molecule has 0 heterocycles. The van der Waals surface area contributed by atoms with Gasteiger partial charge in [-0.1, -0.05) is 60.7 Å². The van der Waals surface area contributed by atoms with E-state index >= 15 is 0 Å². The Balaban J connectivity index is 2.44. The lowest BCUT2D eigenvalue weighted by atomic mass is 10.0. The standard InChI is InChI=1S/C13H12O/c14-13(11-7-3-1-4-8-11)12-9-5-2-6-10-12/h1-10,13-14H/i13D. The van der Waals surface area contributed by atoms with Gasteiger partial charge in [-0.15, -0.1) is 0 Å². The predicted molar refractivity (Wildman–Crippen MR) is 56.9 cm³/mol. The SMILES string of the molecule is [2H]C(O)(c1ccccc1)c1ccccc1. The Morgan fingerprint density at radius 3 is 1.50 bits per heavy atom. The molecule has 0 fully saturated rings. The third-order valence-corrected chi connectivity index (χ3v) is 2.09. The van der Waals surface area contributed by atoms with Crippen LogP contribution < -0.4 is 0 Å². The number of hydrogen-bond acceptors (Lipinski definition) is 1. The Bertz CT molecular complexity index is 381. The summed E-state index contributed by atoms with van der Waals surface area (Å²) in [5.41, 5.74) is 1.16. The molecule has 0 atom stereocenters. The zero-order valence-electron chi connectivity index (χ0n) is 8.72. The van der Waals surface area contributed by atoms with Crippen LogP contribution in [-0.2, 0) is 0 Å². The monoisotopic (exact) mass is 185 g/mol. The van der Waals surface area contributed by atoms with Gasteiger partial charge in [0.05, 0.1) is 1.37 Å². The van der Waals surface area contributed by atoms with E-state index in [0.717, 1.165) is 0 Å². The van der Waals surface area contributed by atoms with Crippen LogP contribution in [0.1, 0.15) is 18.6 Å². The summed E-state index contributed by atoms with van der Waals surface area (Å²) in [4.78, 5) is 0. The molecular formula is C13H12O. The Morgan fingerprint density at radius 2 is 1.14 bits per heavy atom. The molecule has 0 aliphatic rings. The molecule has 14 heavy (non-hydrogen) atoms. The molecule has 0 aliphatic heterocycles. The van der Waals surface area contributed by atoms with Crippen LogP contribution in [0.4, 0.5) is 0 Å². The highest BCUT2D eigenvalue weighted by atomic mass is 16.3. The van der Waals surface area contributed by atoms with E-state index in [1.54, 1.807) is 24.3 Å². The summed E-state index contributed by atoms with van der Waals surface area (Å²) in [6, 6.07) is 18.0. The minimum Gasteiger partial charge on any atom is -0.384 e. The van der Waals surface area contributed by atoms with E-state index in [9.17, 15) is 5.11 Å². The van der Waals surface area contributed by atoms with Crippen molar-refractivity contribution in [2.24, 2.45) is 0 Å². The van der Waals surface area contributed by atoms with Crippen molar-refractivity contribution in [2.75, 3.05) is 0 Å². The number of rotatable bonds is 2. The molecule has 2 aromatic rings. The van der Waals surface area contributed by atoms with Gasteiger partial charge >= 0.3 is 0 Å². The molecule has 0 spiro atoms. The van der Waals surface area contributed by atoms with Gasteiger partial charge in [-0.3, -0.25) is 0 Å². The number of benzene rings is 2. The van der Waals surface area contributed by atoms with E-state index in [1.165, 1.54) is 0 Å². The molecule has 0 aliphatic carbocycles. The van der Waals surface area contributed by atoms with E-state index in [0.29, 0.717) is 11.1 Å². The smallest absolute Gasteiger partial charge is 0.104 e. The van der Waals surface area contributed by atoms with Gasteiger partial charge in [0, 0.05) is 0 Å². The maximum absolute atomic E-state index is 10.1. The van der Waals surface area contributed by atoms with E-state index < -0.39 is 6.08 Å². The van der Waals surface area contributed by atoms with Crippen molar-refractivity contribution in [3.8, 4) is 0 Å². The van der Waals surface area contributed by atoms with Crippen LogP contribution in [0.2, 0.25) is 0 Å². The molecule has 0 aromatic heterocycles. The molecule has 0 saturated heterocycles. The summed E-state index contributed by atoms with van der Waals surface area (Å²) in [6.45, 7) is 0. The quantitative estimate of drug-likeness (QED) is 0.762. The average Bonchev–Trinajstić information content (AvgIpc) is 2.31. The molecule has 1 nitrogen and oxygen atoms in total. The van der Waals surface area contributed by atoms with Crippen molar-refractivity contribution in [3.05, 3.63) is 71.8 Å². The fourth-order valence-corrected chi connectivity index (χ4v) is 1.36. The maximum Gasteiger partial charge on any atom is 0.104 e. The highest BCUT2D eigenvalue weighted by Crippen LogP contribution is 2.20. The molecule has 0 bridgehead atoms. The van der Waals surface area contributed by atoms with Crippen LogP contribution in [0.15, 0.2) is 60.7 Å². The molecule has 70 valence electrons. The van der Waals surface area contributed by atoms with E-state index in [-0.39, 0.29) is 0 Å². The first-order valence-electron chi connectivity index (χ1n) is 5.04. The summed E-state index contributed by atoms with van der Waals surface area (Å²) in [6.07, 6.45) is -1.66. The van der Waals surface area contributed by atoms with Crippen LogP contribution in [0.3, 0.4) is 0 Å². The van der Waals surface area contributed by atoms with Crippen LogP contribution >= 0.6 is 0 Å². The summed E-state index contributed by atoms with van der Waals surface area (Å²) >= 11 is 0. The first-order valence-corrected chi connectivity index (χ1v) is 4.54. The molecular weight excluding hydrogens is 172 g/mol. The van der Waals surface area contributed by atoms with Crippen LogP contribution in [0.25, 0.3) is 0 Å². The first kappa shape index (κ1) is 7.77. The van der Waals surface area contributed by atoms with E-state index in [1.807, 2.05) is 36.4 Å². The molecule has 1 heteroatoms. The molecule has 2 aromatic carbocycles. The Kier molecular flexibility index (Phi) is 2.26. The summed E-state index contributed by atoms with van der Waals surface area (Å²) in [7, 11) is 0. The highest BCUT2D eigenvalue weighted by molar-refractivity contribution is 5.29. The largest absolute Gasteiger partial charge is 0.384 e. The summed E-state index contributed by atoms with van der Waals surface area (Å²) in [5.74, 6) is 0. The van der Waals surface area contributed by atoms with Gasteiger partial charge in [-0.25, -0.2) is 0 Å². The summed E-state index contributed by atoms with van der Waals surface area (Å²) in [5, 5.41) is 10.1. The van der Waals surface area contributed by atoms with E-state index in [4.69, 9.17) is 1.37 Å². The van der Waals surface area contributed by atoms with Crippen LogP contribution in [0, 0.1) is 0 Å². The lowest BCUT2D eigenvalue weighted by Crippen LogP contribution is -1.98. The number of aliphatic hydroxyl groups is 1. The minimum atomic E-state index is -1.66. The third kappa shape index (κ3) is 1.83. The van der Waals surface area contributed by atoms with Crippen molar-refractivity contribution in [1.82, 2.24) is 0 Å². The average molecular weight is 185 g/mol. The van der Waals surface area contributed by atoms with Crippen LogP contribution in [-0.4, -0.2) is 5.11 Å². The third-order valence-electron chi connectivity index (χ3n) is 2.09. The zero-order chi connectivity index (χ0) is 10.7. The van der Waals surface area contributed by atoms with Gasteiger partial charge in [0.25, 0.3) is 0 Å². The minimum absolute atomic E-state index is 0.580. The highest BCUT2D eigenvalue weighted by Gasteiger charge is 2.07. The normalized spacial score (nSPS) is 12.2. The molecule has 0 unspecified atom stereocenters.